The molecule has 6 nitrogen and oxygen atoms in total. The Kier molecular flexibility index (Phi) is 5.34. The lowest BCUT2D eigenvalue weighted by molar-refractivity contribution is -0.387. The first kappa shape index (κ1) is 19.9. The van der Waals surface area contributed by atoms with Crippen molar-refractivity contribution in [2.45, 2.75) is 25.7 Å². The molecular weight excluding hydrogens is 406 g/mol. The molecule has 3 aromatic carbocycles. The van der Waals surface area contributed by atoms with Gasteiger partial charge in [-0.1, -0.05) is 48.5 Å². The number of ether oxygens (including phenoxy) is 3. The van der Waals surface area contributed by atoms with E-state index in [0.29, 0.717) is 24.2 Å². The molecule has 0 N–H and O–H groups in total. The number of rotatable bonds is 6. The van der Waals surface area contributed by atoms with E-state index in [1.807, 2.05) is 48.5 Å². The van der Waals surface area contributed by atoms with Gasteiger partial charge in [0.15, 0.2) is 0 Å². The minimum Gasteiger partial charge on any atom is -0.489 e. The van der Waals surface area contributed by atoms with Crippen molar-refractivity contribution in [2.75, 3.05) is 0 Å². The first-order chi connectivity index (χ1) is 15.7. The van der Waals surface area contributed by atoms with Gasteiger partial charge in [0.1, 0.15) is 30.4 Å². The minimum atomic E-state index is -0.795. The van der Waals surface area contributed by atoms with E-state index in [4.69, 9.17) is 14.2 Å². The number of aryl methyl sites for hydroxylation is 1. The maximum atomic E-state index is 12.0. The van der Waals surface area contributed by atoms with E-state index in [0.717, 1.165) is 28.9 Å². The number of nitrogens with zero attached hydrogens (tertiary/aromatic N) is 1. The molecule has 1 aliphatic carbocycles. The van der Waals surface area contributed by atoms with Crippen molar-refractivity contribution < 1.29 is 19.1 Å². The van der Waals surface area contributed by atoms with Crippen LogP contribution in [0.3, 0.4) is 0 Å². The van der Waals surface area contributed by atoms with E-state index in [1.54, 1.807) is 18.2 Å². The van der Waals surface area contributed by atoms with Crippen molar-refractivity contribution in [3.8, 4) is 5.75 Å². The van der Waals surface area contributed by atoms with Crippen LogP contribution in [0.5, 0.6) is 5.75 Å². The third kappa shape index (κ3) is 3.95. The van der Waals surface area contributed by atoms with Crippen molar-refractivity contribution in [2.24, 2.45) is 0 Å². The summed E-state index contributed by atoms with van der Waals surface area (Å²) in [6.07, 6.45) is 5.51. The summed E-state index contributed by atoms with van der Waals surface area (Å²) < 4.78 is 16.7. The lowest BCUT2D eigenvalue weighted by Gasteiger charge is -2.19. The van der Waals surface area contributed by atoms with Gasteiger partial charge in [-0.15, -0.1) is 0 Å². The van der Waals surface area contributed by atoms with Crippen LogP contribution in [-0.4, -0.2) is 4.92 Å². The summed E-state index contributed by atoms with van der Waals surface area (Å²) in [6.45, 7) is 0.514. The average Bonchev–Trinajstić information content (AvgIpc) is 3.37. The minimum absolute atomic E-state index is 0.0266. The van der Waals surface area contributed by atoms with Crippen LogP contribution in [0, 0.1) is 10.1 Å². The number of nitro groups is 1. The number of hydrogen-bond acceptors (Lipinski definition) is 5. The standard InChI is InChI=1S/C26H21NO5/c28-27(29)25-23(7-4-8-24(25)26-30-13-14-31-26)21-10-9-20-16-22(12-11-19(20)15-21)32-17-18-5-2-1-3-6-18/h1-8,11-16,26H,9-10,17H2. The summed E-state index contributed by atoms with van der Waals surface area (Å²) >= 11 is 0. The van der Waals surface area contributed by atoms with Crippen LogP contribution >= 0.6 is 0 Å². The van der Waals surface area contributed by atoms with E-state index >= 15 is 0 Å². The topological polar surface area (TPSA) is 70.8 Å². The number of para-hydroxylation sites is 1. The Morgan fingerprint density at radius 3 is 2.56 bits per heavy atom. The number of allylic oxidation sites excluding steroid dienone is 1. The van der Waals surface area contributed by atoms with Crippen LogP contribution in [0.1, 0.15) is 40.5 Å². The largest absolute Gasteiger partial charge is 0.489 e. The quantitative estimate of drug-likeness (QED) is 0.347. The molecule has 0 saturated carbocycles. The lowest BCUT2D eigenvalue weighted by atomic mass is 9.87. The Morgan fingerprint density at radius 1 is 0.969 bits per heavy atom. The second-order valence-corrected chi connectivity index (χ2v) is 7.68. The fraction of sp³-hybridized carbons (Fsp3) is 0.154. The van der Waals surface area contributed by atoms with Crippen molar-refractivity contribution in [3.63, 3.8) is 0 Å². The molecule has 6 heteroatoms. The molecule has 0 unspecified atom stereocenters. The zero-order valence-electron chi connectivity index (χ0n) is 17.3. The molecule has 2 aliphatic rings. The highest BCUT2D eigenvalue weighted by Gasteiger charge is 2.30. The predicted octanol–water partition coefficient (Wildman–Crippen LogP) is 6.18. The van der Waals surface area contributed by atoms with Crippen LogP contribution in [0.4, 0.5) is 5.69 Å². The summed E-state index contributed by atoms with van der Waals surface area (Å²) in [4.78, 5) is 11.6. The highest BCUT2D eigenvalue weighted by molar-refractivity contribution is 5.88. The van der Waals surface area contributed by atoms with Gasteiger partial charge in [-0.3, -0.25) is 10.1 Å². The Bertz CT molecular complexity index is 1210. The molecule has 0 aromatic heterocycles. The Balaban J connectivity index is 1.42. The zero-order valence-corrected chi connectivity index (χ0v) is 17.3. The Hall–Kier alpha value is -4.06. The van der Waals surface area contributed by atoms with Gasteiger partial charge >= 0.3 is 0 Å². The Labute approximate surface area is 185 Å². The summed E-state index contributed by atoms with van der Waals surface area (Å²) in [7, 11) is 0. The number of nitro benzene ring substituents is 1. The molecule has 1 heterocycles. The molecular formula is C26H21NO5. The maximum absolute atomic E-state index is 12.0. The molecule has 0 saturated heterocycles. The van der Waals surface area contributed by atoms with E-state index in [1.165, 1.54) is 18.1 Å². The average molecular weight is 427 g/mol. The third-order valence-corrected chi connectivity index (χ3v) is 5.67. The number of benzene rings is 3. The highest BCUT2D eigenvalue weighted by atomic mass is 16.7. The van der Waals surface area contributed by atoms with Crippen molar-refractivity contribution in [3.05, 3.63) is 117 Å². The lowest BCUT2D eigenvalue weighted by Crippen LogP contribution is -2.07. The van der Waals surface area contributed by atoms with Gasteiger partial charge in [0.25, 0.3) is 12.0 Å². The fourth-order valence-corrected chi connectivity index (χ4v) is 4.11. The van der Waals surface area contributed by atoms with Gasteiger partial charge in [-0.05, 0) is 59.4 Å². The van der Waals surface area contributed by atoms with Crippen LogP contribution < -0.4 is 4.74 Å². The second kappa shape index (κ2) is 8.59. The van der Waals surface area contributed by atoms with E-state index in [9.17, 15) is 10.1 Å². The molecule has 0 amide bonds. The van der Waals surface area contributed by atoms with Crippen molar-refractivity contribution >= 4 is 17.3 Å². The van der Waals surface area contributed by atoms with E-state index < -0.39 is 6.29 Å². The SMILES string of the molecule is O=[N+]([O-])c1c(C2=Cc3ccc(OCc4ccccc4)cc3CC2)cccc1C1OC=CO1. The molecule has 0 bridgehead atoms. The van der Waals surface area contributed by atoms with E-state index in [-0.39, 0.29) is 10.6 Å². The molecule has 3 aromatic rings. The molecule has 0 spiro atoms. The highest BCUT2D eigenvalue weighted by Crippen LogP contribution is 2.40. The first-order valence-corrected chi connectivity index (χ1v) is 10.4. The Morgan fingerprint density at radius 2 is 1.78 bits per heavy atom. The first-order valence-electron chi connectivity index (χ1n) is 10.4. The van der Waals surface area contributed by atoms with Gasteiger partial charge in [0.2, 0.25) is 0 Å². The van der Waals surface area contributed by atoms with Gasteiger partial charge in [-0.2, -0.15) is 0 Å². The molecule has 5 rings (SSSR count). The number of fused-ring (bicyclic) bond motifs is 1. The molecule has 160 valence electrons. The van der Waals surface area contributed by atoms with Crippen LogP contribution in [0.25, 0.3) is 11.6 Å². The molecule has 0 radical (unpaired) electrons. The van der Waals surface area contributed by atoms with Crippen LogP contribution in [0.2, 0.25) is 0 Å². The van der Waals surface area contributed by atoms with E-state index in [2.05, 4.69) is 6.07 Å². The zero-order chi connectivity index (χ0) is 21.9. The molecule has 32 heavy (non-hydrogen) atoms. The van der Waals surface area contributed by atoms with Gasteiger partial charge in [0.05, 0.1) is 10.5 Å². The summed E-state index contributed by atoms with van der Waals surface area (Å²) in [5, 5.41) is 12.0. The predicted molar refractivity (Wildman–Crippen MR) is 121 cm³/mol. The maximum Gasteiger partial charge on any atom is 0.287 e. The summed E-state index contributed by atoms with van der Waals surface area (Å²) in [5.74, 6) is 0.820. The van der Waals surface area contributed by atoms with Crippen LogP contribution in [0.15, 0.2) is 79.3 Å². The van der Waals surface area contributed by atoms with Gasteiger partial charge < -0.3 is 14.2 Å². The summed E-state index contributed by atoms with van der Waals surface area (Å²) in [6, 6.07) is 21.3. The van der Waals surface area contributed by atoms with Crippen LogP contribution in [-0.2, 0) is 22.5 Å². The third-order valence-electron chi connectivity index (χ3n) is 5.67. The van der Waals surface area contributed by atoms with Gasteiger partial charge in [0, 0.05) is 0 Å². The number of hydrogen-bond donors (Lipinski definition) is 0. The fourth-order valence-electron chi connectivity index (χ4n) is 4.11. The van der Waals surface area contributed by atoms with Crippen molar-refractivity contribution in [1.29, 1.82) is 0 Å². The molecule has 0 atom stereocenters. The van der Waals surface area contributed by atoms with Crippen molar-refractivity contribution in [1.82, 2.24) is 0 Å². The summed E-state index contributed by atoms with van der Waals surface area (Å²) in [5.41, 5.74) is 5.30. The smallest absolute Gasteiger partial charge is 0.287 e. The molecule has 0 fully saturated rings. The monoisotopic (exact) mass is 427 g/mol. The normalized spacial score (nSPS) is 14.8. The molecule has 1 aliphatic heterocycles. The van der Waals surface area contributed by atoms with Gasteiger partial charge in [-0.25, -0.2) is 0 Å². The second-order valence-electron chi connectivity index (χ2n) is 7.68.